The minimum atomic E-state index is -2.61. The molecule has 0 aliphatic rings. The second-order valence-electron chi connectivity index (χ2n) is 31.9. The Morgan fingerprint density at radius 2 is 0.989 bits per heavy atom. The van der Waals surface area contributed by atoms with E-state index in [1.54, 1.807) is 14.2 Å². The molecule has 1 rings (SSSR count). The third-order valence-electron chi connectivity index (χ3n) is 21.2. The van der Waals surface area contributed by atoms with Crippen LogP contribution in [0.5, 0.6) is 5.75 Å². The summed E-state index contributed by atoms with van der Waals surface area (Å²) in [5, 5.41) is 22.3. The zero-order valence-corrected chi connectivity index (χ0v) is 66.8. The van der Waals surface area contributed by atoms with Crippen LogP contribution in [-0.4, -0.2) is 127 Å². The van der Waals surface area contributed by atoms with Crippen LogP contribution in [0, 0.1) is 35.5 Å². The van der Waals surface area contributed by atoms with Crippen LogP contribution in [0.15, 0.2) is 59.7 Å². The lowest BCUT2D eigenvalue weighted by Crippen LogP contribution is -2.57. The Morgan fingerprint density at radius 1 is 0.563 bits per heavy atom. The number of methoxy groups -OCH3 is 2. The van der Waals surface area contributed by atoms with E-state index in [0.717, 1.165) is 40.6 Å². The molecule has 0 fully saturated rings. The van der Waals surface area contributed by atoms with Gasteiger partial charge in [-0.25, -0.2) is 4.79 Å². The number of allylic oxidation sites excluding steroid dienone is 4. The first-order chi connectivity index (χ1) is 39.5. The van der Waals surface area contributed by atoms with Gasteiger partial charge < -0.3 is 46.6 Å². The first-order valence-electron chi connectivity index (χ1n) is 33.0. The van der Waals surface area contributed by atoms with Crippen molar-refractivity contribution in [2.24, 2.45) is 35.5 Å². The molecule has 0 aromatic heterocycles. The first-order valence-corrected chi connectivity index (χ1v) is 47.1. The summed E-state index contributed by atoms with van der Waals surface area (Å²) in [6, 6.07) is 10.6. The van der Waals surface area contributed by atoms with Crippen molar-refractivity contribution in [3.05, 3.63) is 65.3 Å². The number of carbonyl (C=O) groups is 2. The lowest BCUT2D eigenvalue weighted by atomic mass is 9.80. The number of rotatable bonds is 37. The van der Waals surface area contributed by atoms with Gasteiger partial charge in [0.15, 0.2) is 47.7 Å². The third-order valence-corrected chi connectivity index (χ3v) is 43.7. The van der Waals surface area contributed by atoms with E-state index in [1.165, 1.54) is 0 Å². The maximum absolute atomic E-state index is 15.6. The maximum atomic E-state index is 15.6. The molecule has 17 heteroatoms. The molecule has 13 atom stereocenters. The van der Waals surface area contributed by atoms with Crippen molar-refractivity contribution in [2.75, 3.05) is 20.8 Å². The molecule has 1 aromatic rings. The number of hydrogen-bond acceptors (Lipinski definition) is 11. The number of aliphatic hydroxyl groups is 1. The molecule has 0 amide bonds. The Hall–Kier alpha value is -1.86. The van der Waals surface area contributed by atoms with E-state index < -0.39 is 114 Å². The zero-order valence-electron chi connectivity index (χ0n) is 61.8. The summed E-state index contributed by atoms with van der Waals surface area (Å²) in [4.78, 5) is 29.1. The minimum Gasteiger partial charge on any atom is -0.497 e. The van der Waals surface area contributed by atoms with E-state index >= 15 is 4.79 Å². The van der Waals surface area contributed by atoms with E-state index in [2.05, 4.69) is 222 Å². The number of benzene rings is 1. The number of carboxylic acid groups (broad SMARTS) is 1. The Balaban J connectivity index is 4.50. The SMILES string of the molecule is C/C=C\[C@H](C)/C=C(\C)[C@@H](O[Si](C)(C)C(C)(C)C)[C@@H](CO)[C@@H](OCc1ccc(OC)cc1)[C@H](C)[C@H](CC(=O)[C@@H](C)/C=C(\C)[C@H](O[Si](C)(C)C(C)(C)C)[C@@H](C)[C@H](O[Si](CC)(CC)CC)[C@@H](C)[C@H](OC)[C@@H](O[Si](C)(C)C(C)(C)C)C(=O)O)O[Si](C)(C)C(C)(C)C. The van der Waals surface area contributed by atoms with Crippen LogP contribution in [0.4, 0.5) is 0 Å². The van der Waals surface area contributed by atoms with Crippen LogP contribution in [0.1, 0.15) is 171 Å². The molecule has 0 heterocycles. The van der Waals surface area contributed by atoms with Crippen molar-refractivity contribution < 1.29 is 56.1 Å². The van der Waals surface area contributed by atoms with Crippen molar-refractivity contribution in [1.82, 2.24) is 0 Å². The molecule has 87 heavy (non-hydrogen) atoms. The van der Waals surface area contributed by atoms with Gasteiger partial charge in [0.05, 0.1) is 56.9 Å². The van der Waals surface area contributed by atoms with Gasteiger partial charge in [0.1, 0.15) is 11.5 Å². The number of aliphatic carboxylic acids is 1. The number of hydrogen-bond donors (Lipinski definition) is 2. The van der Waals surface area contributed by atoms with Crippen LogP contribution in [0.3, 0.4) is 0 Å². The number of aliphatic hydroxyl groups excluding tert-OH is 1. The predicted molar refractivity (Wildman–Crippen MR) is 379 cm³/mol. The van der Waals surface area contributed by atoms with E-state index in [4.69, 9.17) is 36.3 Å². The van der Waals surface area contributed by atoms with Crippen LogP contribution in [0.25, 0.3) is 0 Å². The summed E-state index contributed by atoms with van der Waals surface area (Å²) < 4.78 is 56.2. The number of Topliss-reactive ketones (excluding diaryl/α,β-unsaturated/α-hetero) is 1. The quantitative estimate of drug-likeness (QED) is 0.0482. The molecule has 1 aromatic carbocycles. The molecule has 0 bridgehead atoms. The number of ketones is 1. The highest BCUT2D eigenvalue weighted by molar-refractivity contribution is 6.75. The average Bonchev–Trinajstić information content (AvgIpc) is 3.60. The van der Waals surface area contributed by atoms with Gasteiger partial charge in [0.2, 0.25) is 0 Å². The van der Waals surface area contributed by atoms with Crippen molar-refractivity contribution in [2.45, 2.75) is 306 Å². The van der Waals surface area contributed by atoms with Gasteiger partial charge in [-0.3, -0.25) is 4.79 Å². The smallest absolute Gasteiger partial charge is 0.334 e. The van der Waals surface area contributed by atoms with Gasteiger partial charge in [-0.15, -0.1) is 0 Å². The topological polar surface area (TPSA) is 148 Å². The second-order valence-corrected chi connectivity index (χ2v) is 55.6. The Labute approximate surface area is 539 Å². The van der Waals surface area contributed by atoms with Crippen LogP contribution in [0.2, 0.25) is 90.7 Å². The van der Waals surface area contributed by atoms with Gasteiger partial charge in [-0.2, -0.15) is 0 Å². The van der Waals surface area contributed by atoms with Crippen molar-refractivity contribution in [1.29, 1.82) is 0 Å². The normalized spacial score (nSPS) is 18.9. The number of carbonyl (C=O) groups excluding carboxylic acids is 1. The molecule has 0 aliphatic heterocycles. The number of ether oxygens (including phenoxy) is 3. The molecule has 0 saturated heterocycles. The van der Waals surface area contributed by atoms with E-state index in [9.17, 15) is 15.0 Å². The van der Waals surface area contributed by atoms with E-state index in [-0.39, 0.29) is 57.4 Å². The predicted octanol–water partition coefficient (Wildman–Crippen LogP) is 18.8. The van der Waals surface area contributed by atoms with Crippen molar-refractivity contribution in [3.8, 4) is 5.75 Å². The Morgan fingerprint density at radius 3 is 1.38 bits per heavy atom. The van der Waals surface area contributed by atoms with Crippen molar-refractivity contribution >= 4 is 53.3 Å². The van der Waals surface area contributed by atoms with Gasteiger partial charge in [0.25, 0.3) is 0 Å². The van der Waals surface area contributed by atoms with Gasteiger partial charge >= 0.3 is 5.97 Å². The van der Waals surface area contributed by atoms with E-state index in [0.29, 0.717) is 0 Å². The molecule has 0 saturated carbocycles. The van der Waals surface area contributed by atoms with Crippen LogP contribution >= 0.6 is 0 Å². The Kier molecular flexibility index (Phi) is 32.3. The summed E-state index contributed by atoms with van der Waals surface area (Å²) in [7, 11) is -9.39. The van der Waals surface area contributed by atoms with E-state index in [1.807, 2.05) is 38.1 Å². The van der Waals surface area contributed by atoms with Crippen LogP contribution < -0.4 is 4.74 Å². The highest BCUT2D eigenvalue weighted by Crippen LogP contribution is 2.46. The largest absolute Gasteiger partial charge is 0.497 e. The molecule has 2 N–H and O–H groups in total. The molecule has 506 valence electrons. The standard InChI is InChI=1S/C70H134O12Si5/c1-34-38-48(5)43-50(7)61(80-85(30,31)69(18,19)20)57(46-71)63(77-47-55-39-41-56(75-24)42-40-55)52(9)59(78-83(26,27)67(12,13)14)45-58(72)49(6)44-51(8)60(79-84(28,29)68(15,16)17)53(10)62(82-87(35-2,36-3)37-4)54(11)64(76-25)65(66(73)74)81-86(32,33)70(21,22)23/h34,38-44,48-49,52-54,57,59-65,71H,35-37,45-47H2,1-33H3,(H,73,74)/b38-34-,50-43+,51-44+/t48-,49-,52+,53+,54+,57+,59-,60-,61+,62-,63-,64-,65+/m0/s1. The van der Waals surface area contributed by atoms with Crippen LogP contribution in [-0.2, 0) is 47.8 Å². The first kappa shape index (κ1) is 83.2. The third kappa shape index (κ3) is 23.3. The highest BCUT2D eigenvalue weighted by Gasteiger charge is 2.51. The molecular weight excluding hydrogens is 1170 g/mol. The maximum Gasteiger partial charge on any atom is 0.334 e. The highest BCUT2D eigenvalue weighted by atomic mass is 28.4. The Bertz CT molecular complexity index is 2320. The summed E-state index contributed by atoms with van der Waals surface area (Å²) in [5.41, 5.74) is 2.89. The van der Waals surface area contributed by atoms with Gasteiger partial charge in [-0.05, 0) is 146 Å². The molecule has 0 unspecified atom stereocenters. The molecular formula is C70H134O12Si5. The molecule has 0 spiro atoms. The second kappa shape index (κ2) is 33.8. The molecule has 12 nitrogen and oxygen atoms in total. The van der Waals surface area contributed by atoms with Gasteiger partial charge in [0, 0.05) is 43.1 Å². The lowest BCUT2D eigenvalue weighted by Gasteiger charge is -2.47. The molecule has 0 aliphatic carbocycles. The average molecular weight is 1310 g/mol. The zero-order chi connectivity index (χ0) is 68.0. The fourth-order valence-corrected chi connectivity index (χ4v) is 19.1. The lowest BCUT2D eigenvalue weighted by molar-refractivity contribution is -0.158. The number of carboxylic acids is 1. The fraction of sp³-hybridized carbons (Fsp3) is 0.800. The summed E-state index contributed by atoms with van der Waals surface area (Å²) >= 11 is 0. The fourth-order valence-electron chi connectivity index (χ4n) is 10.7. The molecule has 0 radical (unpaired) electrons. The summed E-state index contributed by atoms with van der Waals surface area (Å²) in [6.07, 6.45) is 3.88. The summed E-state index contributed by atoms with van der Waals surface area (Å²) in [5.74, 6) is -2.42. The minimum absolute atomic E-state index is 0.0190. The summed E-state index contributed by atoms with van der Waals surface area (Å²) in [6.45, 7) is 67.6. The monoisotopic (exact) mass is 1310 g/mol. The van der Waals surface area contributed by atoms with Crippen molar-refractivity contribution in [3.63, 3.8) is 0 Å². The van der Waals surface area contributed by atoms with Gasteiger partial charge in [-0.1, -0.05) is 175 Å².